The van der Waals surface area contributed by atoms with Gasteiger partial charge in [-0.25, -0.2) is 8.42 Å². The first kappa shape index (κ1) is 25.0. The van der Waals surface area contributed by atoms with E-state index in [2.05, 4.69) is 5.32 Å². The molecule has 2 amide bonds. The molecule has 0 radical (unpaired) electrons. The van der Waals surface area contributed by atoms with Crippen LogP contribution in [0.1, 0.15) is 19.4 Å². The van der Waals surface area contributed by atoms with Gasteiger partial charge < -0.3 is 15.0 Å². The lowest BCUT2D eigenvalue weighted by Gasteiger charge is -2.22. The second-order valence-electron chi connectivity index (χ2n) is 7.28. The summed E-state index contributed by atoms with van der Waals surface area (Å²) in [6.45, 7) is 2.58. The summed E-state index contributed by atoms with van der Waals surface area (Å²) in [5, 5.41) is 2.54. The van der Waals surface area contributed by atoms with Crippen LogP contribution >= 0.6 is 0 Å². The van der Waals surface area contributed by atoms with Crippen molar-refractivity contribution in [3.63, 3.8) is 0 Å². The van der Waals surface area contributed by atoms with Crippen LogP contribution in [-0.2, 0) is 35.7 Å². The molecule has 2 aromatic rings. The van der Waals surface area contributed by atoms with Crippen LogP contribution in [0.2, 0.25) is 0 Å². The maximum Gasteiger partial charge on any atom is 0.322 e. The number of hydrogen-bond donors (Lipinski definition) is 1. The quantitative estimate of drug-likeness (QED) is 0.571. The number of carbonyl (C=O) groups excluding carboxylic acids is 3. The lowest BCUT2D eigenvalue weighted by atomic mass is 10.2. The van der Waals surface area contributed by atoms with Crippen LogP contribution in [0, 0.1) is 0 Å². The number of anilines is 1. The lowest BCUT2D eigenvalue weighted by Crippen LogP contribution is -2.40. The molecule has 0 fully saturated rings. The van der Waals surface area contributed by atoms with Gasteiger partial charge in [-0.05, 0) is 36.8 Å². The van der Waals surface area contributed by atoms with Gasteiger partial charge in [0.25, 0.3) is 5.91 Å². The molecular formula is C22H27N3O6S. The fraction of sp³-hybridized carbons (Fsp3) is 0.318. The summed E-state index contributed by atoms with van der Waals surface area (Å²) in [5.41, 5.74) is 1.38. The Morgan fingerprint density at radius 1 is 1.00 bits per heavy atom. The molecule has 0 aliphatic rings. The van der Waals surface area contributed by atoms with Gasteiger partial charge in [-0.2, -0.15) is 4.31 Å². The zero-order valence-corrected chi connectivity index (χ0v) is 19.3. The van der Waals surface area contributed by atoms with Crippen molar-refractivity contribution in [2.75, 3.05) is 26.0 Å². The highest BCUT2D eigenvalue weighted by Gasteiger charge is 2.26. The summed E-state index contributed by atoms with van der Waals surface area (Å²) < 4.78 is 31.4. The predicted octanol–water partition coefficient (Wildman–Crippen LogP) is 1.86. The molecule has 10 heteroatoms. The fourth-order valence-corrected chi connectivity index (χ4v) is 4.01. The molecule has 0 aliphatic heterocycles. The third kappa shape index (κ3) is 6.89. The largest absolute Gasteiger partial charge is 0.452 e. The molecule has 0 spiro atoms. The summed E-state index contributed by atoms with van der Waals surface area (Å²) in [6, 6.07) is 14.9. The first-order valence-electron chi connectivity index (χ1n) is 9.83. The van der Waals surface area contributed by atoms with E-state index >= 15 is 0 Å². The van der Waals surface area contributed by atoms with E-state index in [1.165, 1.54) is 50.1 Å². The molecule has 0 unspecified atom stereocenters. The van der Waals surface area contributed by atoms with E-state index in [1.807, 2.05) is 30.3 Å². The Bertz CT molecular complexity index is 1050. The number of likely N-dealkylation sites (N-methyl/N-ethyl adjacent to an activating group) is 2. The second-order valence-corrected chi connectivity index (χ2v) is 9.32. The summed E-state index contributed by atoms with van der Waals surface area (Å²) in [5.74, 6) is -1.53. The minimum atomic E-state index is -3.97. The van der Waals surface area contributed by atoms with Crippen molar-refractivity contribution in [2.24, 2.45) is 0 Å². The molecule has 0 saturated heterocycles. The highest BCUT2D eigenvalue weighted by atomic mass is 32.2. The first-order chi connectivity index (χ1) is 15.0. The van der Waals surface area contributed by atoms with Crippen LogP contribution in [0.15, 0.2) is 59.5 Å². The molecule has 9 nitrogen and oxygen atoms in total. The molecule has 0 aromatic heterocycles. The lowest BCUT2D eigenvalue weighted by molar-refractivity contribution is -0.158. The standard InChI is InChI=1S/C22H27N3O6S/c1-16(22(28)24(3)14-18-8-6-5-7-9-18)31-21(27)15-25(4)32(29,30)20-12-10-19(11-13-20)23-17(2)26/h5-13,16H,14-15H2,1-4H3,(H,23,26)/t16-/m0/s1. The van der Waals surface area contributed by atoms with Crippen LogP contribution in [0.25, 0.3) is 0 Å². The Kier molecular flexibility index (Phi) is 8.50. The Balaban J connectivity index is 1.94. The third-order valence-electron chi connectivity index (χ3n) is 4.53. The number of esters is 1. The average Bonchev–Trinajstić information content (AvgIpc) is 2.73. The first-order valence-corrected chi connectivity index (χ1v) is 11.3. The van der Waals surface area contributed by atoms with E-state index in [9.17, 15) is 22.8 Å². The van der Waals surface area contributed by atoms with Crippen molar-refractivity contribution < 1.29 is 27.5 Å². The number of nitrogens with one attached hydrogen (secondary N) is 1. The van der Waals surface area contributed by atoms with Gasteiger partial charge in [0.05, 0.1) is 4.90 Å². The monoisotopic (exact) mass is 461 g/mol. The molecular weight excluding hydrogens is 434 g/mol. The van der Waals surface area contributed by atoms with E-state index in [1.54, 1.807) is 7.05 Å². The maximum atomic E-state index is 12.7. The number of amides is 2. The smallest absolute Gasteiger partial charge is 0.322 e. The third-order valence-corrected chi connectivity index (χ3v) is 6.35. The SMILES string of the molecule is CC(=O)Nc1ccc(S(=O)(=O)N(C)CC(=O)O[C@@H](C)C(=O)N(C)Cc2ccccc2)cc1. The van der Waals surface area contributed by atoms with Crippen molar-refractivity contribution in [1.82, 2.24) is 9.21 Å². The summed E-state index contributed by atoms with van der Waals surface area (Å²) in [4.78, 5) is 37.2. The molecule has 2 aromatic carbocycles. The number of hydrogen-bond acceptors (Lipinski definition) is 6. The van der Waals surface area contributed by atoms with Gasteiger partial charge in [0, 0.05) is 33.3 Å². The number of ether oxygens (including phenoxy) is 1. The minimum Gasteiger partial charge on any atom is -0.452 e. The number of sulfonamides is 1. The number of nitrogens with zero attached hydrogens (tertiary/aromatic N) is 2. The van der Waals surface area contributed by atoms with E-state index in [0.29, 0.717) is 12.2 Å². The maximum absolute atomic E-state index is 12.7. The van der Waals surface area contributed by atoms with Gasteiger partial charge in [-0.15, -0.1) is 0 Å². The van der Waals surface area contributed by atoms with Crippen LogP contribution < -0.4 is 5.32 Å². The zero-order valence-electron chi connectivity index (χ0n) is 18.4. The van der Waals surface area contributed by atoms with Gasteiger partial charge in [0.15, 0.2) is 6.10 Å². The number of rotatable bonds is 9. The molecule has 32 heavy (non-hydrogen) atoms. The van der Waals surface area contributed by atoms with Crippen molar-refractivity contribution in [1.29, 1.82) is 0 Å². The van der Waals surface area contributed by atoms with Crippen molar-refractivity contribution in [3.05, 3.63) is 60.2 Å². The summed E-state index contributed by atoms with van der Waals surface area (Å²) >= 11 is 0. The van der Waals surface area contributed by atoms with E-state index in [-0.39, 0.29) is 10.8 Å². The molecule has 1 N–H and O–H groups in total. The van der Waals surface area contributed by atoms with Gasteiger partial charge in [-0.1, -0.05) is 30.3 Å². The Hall–Kier alpha value is -3.24. The number of carbonyl (C=O) groups is 3. The van der Waals surface area contributed by atoms with E-state index < -0.39 is 34.5 Å². The molecule has 0 heterocycles. The molecule has 172 valence electrons. The van der Waals surface area contributed by atoms with Gasteiger partial charge >= 0.3 is 5.97 Å². The summed E-state index contributed by atoms with van der Waals surface area (Å²) in [7, 11) is -1.13. The Morgan fingerprint density at radius 3 is 2.16 bits per heavy atom. The van der Waals surface area contributed by atoms with Crippen molar-refractivity contribution >= 4 is 33.5 Å². The fourth-order valence-electron chi connectivity index (χ4n) is 2.89. The Morgan fingerprint density at radius 2 is 1.59 bits per heavy atom. The zero-order chi connectivity index (χ0) is 23.9. The molecule has 1 atom stereocenters. The average molecular weight is 462 g/mol. The van der Waals surface area contributed by atoms with E-state index in [0.717, 1.165) is 9.87 Å². The molecule has 0 bridgehead atoms. The molecule has 2 rings (SSSR count). The van der Waals surface area contributed by atoms with Crippen molar-refractivity contribution in [3.8, 4) is 0 Å². The Labute approximate surface area is 188 Å². The van der Waals surface area contributed by atoms with Crippen LogP contribution in [-0.4, -0.2) is 62.2 Å². The normalized spacial score (nSPS) is 12.2. The van der Waals surface area contributed by atoms with Crippen LogP contribution in [0.5, 0.6) is 0 Å². The molecule has 0 aliphatic carbocycles. The van der Waals surface area contributed by atoms with Crippen LogP contribution in [0.4, 0.5) is 5.69 Å². The highest BCUT2D eigenvalue weighted by molar-refractivity contribution is 7.89. The summed E-state index contributed by atoms with van der Waals surface area (Å²) in [6.07, 6.45) is -1.07. The van der Waals surface area contributed by atoms with Crippen molar-refractivity contribution in [2.45, 2.75) is 31.4 Å². The van der Waals surface area contributed by atoms with Crippen LogP contribution in [0.3, 0.4) is 0 Å². The predicted molar refractivity (Wildman–Crippen MR) is 119 cm³/mol. The topological polar surface area (TPSA) is 113 Å². The van der Waals surface area contributed by atoms with Gasteiger partial charge in [0.2, 0.25) is 15.9 Å². The van der Waals surface area contributed by atoms with Gasteiger partial charge in [0.1, 0.15) is 6.54 Å². The second kappa shape index (κ2) is 10.9. The molecule has 0 saturated carbocycles. The highest BCUT2D eigenvalue weighted by Crippen LogP contribution is 2.17. The van der Waals surface area contributed by atoms with Gasteiger partial charge in [-0.3, -0.25) is 14.4 Å². The van der Waals surface area contributed by atoms with E-state index in [4.69, 9.17) is 4.74 Å². The number of benzene rings is 2. The minimum absolute atomic E-state index is 0.0476.